The maximum atomic E-state index is 12.9. The molecule has 36 heavy (non-hydrogen) atoms. The minimum Gasteiger partial charge on any atom is -0.504 e. The Balaban J connectivity index is 1.35. The number of ether oxygens (including phenoxy) is 6. The molecule has 6 N–H and O–H groups in total. The van der Waals surface area contributed by atoms with Crippen LogP contribution in [0.3, 0.4) is 0 Å². The molecule has 5 rings (SSSR count). The summed E-state index contributed by atoms with van der Waals surface area (Å²) in [5, 5.41) is 59.8. The fourth-order valence-corrected chi connectivity index (χ4v) is 5.28. The van der Waals surface area contributed by atoms with Crippen LogP contribution in [0.1, 0.15) is 10.4 Å². The Hall–Kier alpha value is -2.49. The van der Waals surface area contributed by atoms with E-state index >= 15 is 0 Å². The summed E-state index contributed by atoms with van der Waals surface area (Å²) in [6, 6.07) is 4.02. The monoisotopic (exact) mass is 512 g/mol. The largest absolute Gasteiger partial charge is 0.504 e. The van der Waals surface area contributed by atoms with E-state index in [1.54, 1.807) is 6.08 Å². The molecule has 13 nitrogen and oxygen atoms in total. The van der Waals surface area contributed by atoms with Gasteiger partial charge in [0.25, 0.3) is 0 Å². The highest BCUT2D eigenvalue weighted by Gasteiger charge is 2.77. The second-order valence-corrected chi connectivity index (χ2v) is 9.18. The van der Waals surface area contributed by atoms with Gasteiger partial charge in [0.05, 0.1) is 38.1 Å². The molecule has 0 aromatic heterocycles. The molecule has 0 amide bonds. The van der Waals surface area contributed by atoms with Gasteiger partial charge in [0.15, 0.2) is 17.8 Å². The van der Waals surface area contributed by atoms with E-state index in [9.17, 15) is 35.4 Å². The van der Waals surface area contributed by atoms with E-state index in [0.29, 0.717) is 0 Å². The number of phenolic OH excluding ortho intramolecular Hbond substituents is 1. The second kappa shape index (κ2) is 9.43. The Labute approximate surface area is 205 Å². The molecule has 3 fully saturated rings. The summed E-state index contributed by atoms with van der Waals surface area (Å²) >= 11 is 0. The van der Waals surface area contributed by atoms with Crippen molar-refractivity contribution in [3.8, 4) is 11.5 Å². The maximum Gasteiger partial charge on any atom is 0.338 e. The van der Waals surface area contributed by atoms with Crippen molar-refractivity contribution in [3.63, 3.8) is 0 Å². The topological polar surface area (TPSA) is 197 Å². The molecular weight excluding hydrogens is 484 g/mol. The number of hydrogen-bond donors (Lipinski definition) is 6. The lowest BCUT2D eigenvalue weighted by atomic mass is 9.85. The zero-order valence-corrected chi connectivity index (χ0v) is 19.1. The van der Waals surface area contributed by atoms with Crippen molar-refractivity contribution in [3.05, 3.63) is 36.1 Å². The number of aliphatic hydroxyl groups excluding tert-OH is 5. The molecule has 1 aromatic carbocycles. The van der Waals surface area contributed by atoms with E-state index in [2.05, 4.69) is 0 Å². The van der Waals surface area contributed by atoms with Crippen molar-refractivity contribution in [1.82, 2.24) is 0 Å². The van der Waals surface area contributed by atoms with Gasteiger partial charge in [-0.3, -0.25) is 0 Å². The highest BCUT2D eigenvalue weighted by atomic mass is 16.8. The number of carbonyl (C=O) groups is 1. The molecule has 3 heterocycles. The minimum atomic E-state index is -1.66. The molecule has 0 unspecified atom stereocenters. The standard InChI is InChI=1S/C23H28O13/c1-31-12-6-9(2-3-11(12)26)20(30)34-18-10-4-5-32-21(14(10)23(8-25)19(18)36-23)35-22-17(29)16(28)15(27)13(7-24)33-22/h2-6,10,13-19,21-22,24-29H,7-8H2,1H3/t10-,13+,14-,15+,16-,17+,18-,19-,21-,22-,23+/m1/s1. The van der Waals surface area contributed by atoms with Crippen LogP contribution in [0.15, 0.2) is 30.5 Å². The van der Waals surface area contributed by atoms with Gasteiger partial charge in [-0.2, -0.15) is 0 Å². The van der Waals surface area contributed by atoms with E-state index in [4.69, 9.17) is 28.4 Å². The number of aliphatic hydroxyl groups is 5. The molecular formula is C23H28O13. The van der Waals surface area contributed by atoms with E-state index < -0.39 is 85.8 Å². The van der Waals surface area contributed by atoms with Gasteiger partial charge in [-0.25, -0.2) is 4.79 Å². The molecule has 13 heteroatoms. The molecule has 3 aliphatic heterocycles. The quantitative estimate of drug-likeness (QED) is 0.173. The van der Waals surface area contributed by atoms with Crippen molar-refractivity contribution < 1.29 is 63.9 Å². The summed E-state index contributed by atoms with van der Waals surface area (Å²) in [5.74, 6) is -1.95. The Morgan fingerprint density at radius 2 is 1.89 bits per heavy atom. The van der Waals surface area contributed by atoms with Gasteiger partial charge < -0.3 is 59.1 Å². The Morgan fingerprint density at radius 1 is 1.11 bits per heavy atom. The molecule has 1 aliphatic carbocycles. The lowest BCUT2D eigenvalue weighted by molar-refractivity contribution is -0.344. The molecule has 1 saturated carbocycles. The normalized spacial score (nSPS) is 42.7. The molecule has 1 aromatic rings. The third kappa shape index (κ3) is 3.92. The molecule has 0 radical (unpaired) electrons. The highest BCUT2D eigenvalue weighted by Crippen LogP contribution is 2.60. The van der Waals surface area contributed by atoms with Gasteiger partial charge >= 0.3 is 5.97 Å². The summed E-state index contributed by atoms with van der Waals surface area (Å²) < 4.78 is 33.4. The molecule has 2 saturated heterocycles. The number of phenols is 1. The average molecular weight is 512 g/mol. The number of carbonyl (C=O) groups excluding carboxylic acids is 1. The fraction of sp³-hybridized carbons (Fsp3) is 0.609. The van der Waals surface area contributed by atoms with Crippen molar-refractivity contribution >= 4 is 5.97 Å². The average Bonchev–Trinajstić information content (AvgIpc) is 3.56. The number of hydrogen-bond acceptors (Lipinski definition) is 13. The number of benzene rings is 1. The van der Waals surface area contributed by atoms with E-state index in [-0.39, 0.29) is 17.1 Å². The first-order valence-electron chi connectivity index (χ1n) is 11.4. The first kappa shape index (κ1) is 25.2. The smallest absolute Gasteiger partial charge is 0.338 e. The zero-order valence-electron chi connectivity index (χ0n) is 19.1. The van der Waals surface area contributed by atoms with Crippen LogP contribution in [-0.4, -0.2) is 112 Å². The van der Waals surface area contributed by atoms with Gasteiger partial charge in [-0.05, 0) is 24.3 Å². The molecule has 11 atom stereocenters. The summed E-state index contributed by atoms with van der Waals surface area (Å²) in [4.78, 5) is 12.9. The van der Waals surface area contributed by atoms with Crippen LogP contribution in [0.5, 0.6) is 11.5 Å². The summed E-state index contributed by atoms with van der Waals surface area (Å²) in [6.45, 7) is -1.07. The van der Waals surface area contributed by atoms with Crippen molar-refractivity contribution in [2.24, 2.45) is 11.8 Å². The van der Waals surface area contributed by atoms with Gasteiger partial charge in [0.2, 0.25) is 6.29 Å². The summed E-state index contributed by atoms with van der Waals surface area (Å²) in [7, 11) is 1.35. The number of esters is 1. The van der Waals surface area contributed by atoms with E-state index in [1.165, 1.54) is 31.6 Å². The second-order valence-electron chi connectivity index (χ2n) is 9.18. The van der Waals surface area contributed by atoms with Crippen LogP contribution in [0.2, 0.25) is 0 Å². The van der Waals surface area contributed by atoms with E-state index in [0.717, 1.165) is 0 Å². The maximum absolute atomic E-state index is 12.9. The number of aromatic hydroxyl groups is 1. The van der Waals surface area contributed by atoms with Gasteiger partial charge in [-0.1, -0.05) is 0 Å². The molecule has 0 bridgehead atoms. The van der Waals surface area contributed by atoms with Gasteiger partial charge in [0, 0.05) is 5.92 Å². The van der Waals surface area contributed by atoms with Crippen LogP contribution in [0, 0.1) is 11.8 Å². The van der Waals surface area contributed by atoms with Crippen molar-refractivity contribution in [2.45, 2.75) is 54.8 Å². The van der Waals surface area contributed by atoms with Crippen LogP contribution in [-0.2, 0) is 23.7 Å². The van der Waals surface area contributed by atoms with Crippen molar-refractivity contribution in [2.75, 3.05) is 20.3 Å². The van der Waals surface area contributed by atoms with Gasteiger partial charge in [-0.15, -0.1) is 0 Å². The van der Waals surface area contributed by atoms with Crippen molar-refractivity contribution in [1.29, 1.82) is 0 Å². The first-order valence-corrected chi connectivity index (χ1v) is 11.4. The molecule has 4 aliphatic rings. The third-order valence-electron chi connectivity index (χ3n) is 7.26. The van der Waals surface area contributed by atoms with Crippen LogP contribution >= 0.6 is 0 Å². The lowest BCUT2D eigenvalue weighted by Gasteiger charge is -2.43. The Morgan fingerprint density at radius 3 is 2.58 bits per heavy atom. The first-order chi connectivity index (χ1) is 17.2. The highest BCUT2D eigenvalue weighted by molar-refractivity contribution is 5.90. The fourth-order valence-electron chi connectivity index (χ4n) is 5.28. The lowest BCUT2D eigenvalue weighted by Crippen LogP contribution is -2.60. The number of methoxy groups -OCH3 is 1. The summed E-state index contributed by atoms with van der Waals surface area (Å²) in [6.07, 6.45) is -7.19. The third-order valence-corrected chi connectivity index (χ3v) is 7.26. The predicted molar refractivity (Wildman–Crippen MR) is 114 cm³/mol. The Bertz CT molecular complexity index is 1010. The zero-order chi connectivity index (χ0) is 25.8. The van der Waals surface area contributed by atoms with E-state index in [1.807, 2.05) is 0 Å². The number of rotatable bonds is 7. The number of epoxide rings is 1. The number of fused-ring (bicyclic) bond motifs is 3. The van der Waals surface area contributed by atoms with Crippen LogP contribution < -0.4 is 4.74 Å². The van der Waals surface area contributed by atoms with Crippen LogP contribution in [0.4, 0.5) is 0 Å². The van der Waals surface area contributed by atoms with Crippen LogP contribution in [0.25, 0.3) is 0 Å². The predicted octanol–water partition coefficient (Wildman–Crippen LogP) is -2.01. The molecule has 198 valence electrons. The minimum absolute atomic E-state index is 0.0973. The molecule has 0 spiro atoms. The van der Waals surface area contributed by atoms with Gasteiger partial charge in [0.1, 0.15) is 42.2 Å². The summed E-state index contributed by atoms with van der Waals surface area (Å²) in [5.41, 5.74) is -1.03. The Kier molecular flexibility index (Phi) is 6.59. The SMILES string of the molecule is COc1cc(C(=O)O[C@@H]2[C@@H]3C=CO[C@H](O[C@H]4O[C@@H](CO)[C@H](O)[C@@H](O)[C@@H]4O)[C@@H]3[C@]3(CO)O[C@H]23)ccc1O.